The monoisotopic (exact) mass is 278 g/mol. The van der Waals surface area contributed by atoms with Crippen molar-refractivity contribution in [2.45, 2.75) is 32.2 Å². The van der Waals surface area contributed by atoms with Crippen molar-refractivity contribution >= 4 is 10.9 Å². The first-order valence-corrected chi connectivity index (χ1v) is 8.30. The summed E-state index contributed by atoms with van der Waals surface area (Å²) in [5, 5.41) is 1.46. The van der Waals surface area contributed by atoms with Gasteiger partial charge in [-0.2, -0.15) is 0 Å². The Kier molecular flexibility index (Phi) is 2.43. The van der Waals surface area contributed by atoms with Crippen molar-refractivity contribution in [3.8, 4) is 0 Å². The van der Waals surface area contributed by atoms with Crippen molar-refractivity contribution in [1.82, 2.24) is 9.88 Å². The molecule has 3 heterocycles. The molecular weight excluding hydrogens is 256 g/mol. The van der Waals surface area contributed by atoms with Crippen molar-refractivity contribution < 1.29 is 0 Å². The van der Waals surface area contributed by atoms with Crippen LogP contribution < -0.4 is 0 Å². The predicted molar refractivity (Wildman–Crippen MR) is 86.3 cm³/mol. The Labute approximate surface area is 125 Å². The van der Waals surface area contributed by atoms with Gasteiger partial charge in [0.2, 0.25) is 0 Å². The lowest BCUT2D eigenvalue weighted by Gasteiger charge is -2.33. The van der Waals surface area contributed by atoms with Gasteiger partial charge in [0.25, 0.3) is 0 Å². The highest BCUT2D eigenvalue weighted by Crippen LogP contribution is 2.50. The fourth-order valence-corrected chi connectivity index (χ4v) is 5.08. The van der Waals surface area contributed by atoms with Crippen LogP contribution >= 0.6 is 0 Å². The fourth-order valence-electron chi connectivity index (χ4n) is 5.08. The van der Waals surface area contributed by atoms with Crippen molar-refractivity contribution in [3.05, 3.63) is 47.2 Å². The number of para-hydroxylation sites is 1. The van der Waals surface area contributed by atoms with E-state index in [2.05, 4.69) is 47.1 Å². The average molecular weight is 278 g/mol. The summed E-state index contributed by atoms with van der Waals surface area (Å²) in [6.07, 6.45) is 6.28. The zero-order valence-corrected chi connectivity index (χ0v) is 12.6. The van der Waals surface area contributed by atoms with Crippen LogP contribution in [0.3, 0.4) is 0 Å². The third-order valence-electron chi connectivity index (χ3n) is 5.99. The molecule has 3 aliphatic rings. The van der Waals surface area contributed by atoms with Gasteiger partial charge in [0.05, 0.1) is 6.04 Å². The van der Waals surface area contributed by atoms with Crippen LogP contribution in [0.4, 0.5) is 0 Å². The zero-order chi connectivity index (χ0) is 14.0. The van der Waals surface area contributed by atoms with E-state index in [1.165, 1.54) is 48.9 Å². The second-order valence-electron chi connectivity index (χ2n) is 7.17. The topological polar surface area (TPSA) is 19.0 Å². The molecule has 1 N–H and O–H groups in total. The summed E-state index contributed by atoms with van der Waals surface area (Å²) in [4.78, 5) is 6.52. The fraction of sp³-hybridized carbons (Fsp3) is 0.474. The van der Waals surface area contributed by atoms with Gasteiger partial charge in [-0.1, -0.05) is 29.8 Å². The number of rotatable bonds is 0. The van der Waals surface area contributed by atoms with E-state index in [0.29, 0.717) is 6.04 Å². The van der Waals surface area contributed by atoms with Crippen LogP contribution in [0.2, 0.25) is 0 Å². The van der Waals surface area contributed by atoms with Gasteiger partial charge < -0.3 is 4.98 Å². The molecule has 21 heavy (non-hydrogen) atoms. The van der Waals surface area contributed by atoms with E-state index in [4.69, 9.17) is 0 Å². The minimum atomic E-state index is 0.635. The highest BCUT2D eigenvalue weighted by Gasteiger charge is 2.46. The van der Waals surface area contributed by atoms with Crippen LogP contribution in [0, 0.1) is 11.8 Å². The van der Waals surface area contributed by atoms with E-state index in [9.17, 15) is 0 Å². The lowest BCUT2D eigenvalue weighted by molar-refractivity contribution is 0.211. The number of nitrogens with one attached hydrogen (secondary N) is 1. The molecule has 2 heteroatoms. The lowest BCUT2D eigenvalue weighted by Crippen LogP contribution is -2.32. The predicted octanol–water partition coefficient (Wildman–Crippen LogP) is 4.05. The number of H-pyrrole nitrogens is 1. The molecule has 1 aromatic carbocycles. The molecule has 0 saturated carbocycles. The number of nitrogens with zero attached hydrogens (tertiary/aromatic N) is 1. The van der Waals surface area contributed by atoms with Crippen molar-refractivity contribution in [3.63, 3.8) is 0 Å². The summed E-state index contributed by atoms with van der Waals surface area (Å²) < 4.78 is 0. The first kappa shape index (κ1) is 12.0. The van der Waals surface area contributed by atoms with Crippen LogP contribution in [-0.2, 0) is 6.42 Å². The van der Waals surface area contributed by atoms with Crippen LogP contribution in [-0.4, -0.2) is 23.0 Å². The molecular formula is C19H22N2. The molecule has 1 aliphatic carbocycles. The van der Waals surface area contributed by atoms with E-state index >= 15 is 0 Å². The quantitative estimate of drug-likeness (QED) is 0.720. The van der Waals surface area contributed by atoms with Crippen molar-refractivity contribution in [1.29, 1.82) is 0 Å². The third-order valence-corrected chi connectivity index (χ3v) is 5.99. The number of fused-ring (bicyclic) bond motifs is 7. The zero-order valence-electron chi connectivity index (χ0n) is 12.6. The summed E-state index contributed by atoms with van der Waals surface area (Å²) in [6.45, 7) is 4.85. The van der Waals surface area contributed by atoms with Crippen LogP contribution in [0.5, 0.6) is 0 Å². The minimum absolute atomic E-state index is 0.635. The summed E-state index contributed by atoms with van der Waals surface area (Å²) in [5.41, 5.74) is 6.06. The Hall–Kier alpha value is -1.54. The molecule has 1 saturated heterocycles. The maximum Gasteiger partial charge on any atom is 0.0536 e. The Balaban J connectivity index is 1.64. The van der Waals surface area contributed by atoms with E-state index in [-0.39, 0.29) is 0 Å². The molecule has 0 spiro atoms. The smallest absolute Gasteiger partial charge is 0.0536 e. The summed E-state index contributed by atoms with van der Waals surface area (Å²) in [5.74, 6) is 1.69. The molecule has 1 aromatic heterocycles. The van der Waals surface area contributed by atoms with Crippen molar-refractivity contribution in [2.75, 3.05) is 13.1 Å². The van der Waals surface area contributed by atoms with Gasteiger partial charge in [-0.15, -0.1) is 0 Å². The molecule has 0 unspecified atom stereocenters. The van der Waals surface area contributed by atoms with Gasteiger partial charge in [-0.3, -0.25) is 4.90 Å². The van der Waals surface area contributed by atoms with E-state index in [1.54, 1.807) is 11.1 Å². The third kappa shape index (κ3) is 1.63. The van der Waals surface area contributed by atoms with Crippen LogP contribution in [0.25, 0.3) is 10.9 Å². The van der Waals surface area contributed by atoms with E-state index in [0.717, 1.165) is 11.8 Å². The summed E-state index contributed by atoms with van der Waals surface area (Å²) in [7, 11) is 0. The van der Waals surface area contributed by atoms with Gasteiger partial charge in [0, 0.05) is 29.7 Å². The number of aromatic amines is 1. The maximum atomic E-state index is 3.77. The second-order valence-corrected chi connectivity index (χ2v) is 7.17. The molecule has 2 aliphatic heterocycles. The molecule has 0 amide bonds. The number of allylic oxidation sites excluding steroid dienone is 2. The van der Waals surface area contributed by atoms with Gasteiger partial charge in [0.15, 0.2) is 0 Å². The standard InChI is InChI=1S/C19H22N2/c1-12-6-7-14-13(10-12)11-21-9-8-16-15-4-2-3-5-17(15)20-18(16)19(14)21/h2-6,13-14,19-20H,7-11H2,1H3/t13-,14-,19-/m1/s1. The Bertz CT molecular complexity index is 739. The summed E-state index contributed by atoms with van der Waals surface area (Å²) in [6, 6.07) is 9.47. The highest BCUT2D eigenvalue weighted by molar-refractivity contribution is 5.85. The second kappa shape index (κ2) is 4.23. The van der Waals surface area contributed by atoms with Crippen LogP contribution in [0.1, 0.15) is 37.1 Å². The number of hydrogen-bond donors (Lipinski definition) is 1. The Morgan fingerprint density at radius 2 is 2.14 bits per heavy atom. The Morgan fingerprint density at radius 1 is 1.24 bits per heavy atom. The molecule has 2 aromatic rings. The lowest BCUT2D eigenvalue weighted by atomic mass is 9.77. The van der Waals surface area contributed by atoms with Crippen molar-refractivity contribution in [2.24, 2.45) is 11.8 Å². The molecule has 3 atom stereocenters. The molecule has 1 fully saturated rings. The first-order chi connectivity index (χ1) is 10.3. The number of aromatic nitrogens is 1. The minimum Gasteiger partial charge on any atom is -0.357 e. The molecule has 108 valence electrons. The van der Waals surface area contributed by atoms with Gasteiger partial charge in [-0.25, -0.2) is 0 Å². The van der Waals surface area contributed by atoms with Gasteiger partial charge in [0.1, 0.15) is 0 Å². The van der Waals surface area contributed by atoms with E-state index < -0.39 is 0 Å². The average Bonchev–Trinajstić information content (AvgIpc) is 3.03. The van der Waals surface area contributed by atoms with E-state index in [1.807, 2.05) is 0 Å². The van der Waals surface area contributed by atoms with Gasteiger partial charge >= 0.3 is 0 Å². The molecule has 0 radical (unpaired) electrons. The van der Waals surface area contributed by atoms with Gasteiger partial charge in [-0.05, 0) is 49.7 Å². The first-order valence-electron chi connectivity index (χ1n) is 8.30. The SMILES string of the molecule is CC1=CC[C@@H]2[C@H](C1)CN1CCc3c([nH]c4ccccc34)[C@@H]21. The largest absolute Gasteiger partial charge is 0.357 e. The normalized spacial score (nSPS) is 31.7. The Morgan fingerprint density at radius 3 is 3.10 bits per heavy atom. The number of benzene rings is 1. The maximum absolute atomic E-state index is 3.77. The summed E-state index contributed by atoms with van der Waals surface area (Å²) >= 11 is 0. The molecule has 5 rings (SSSR count). The van der Waals surface area contributed by atoms with Crippen LogP contribution in [0.15, 0.2) is 35.9 Å². The molecule has 2 nitrogen and oxygen atoms in total. The highest BCUT2D eigenvalue weighted by atomic mass is 15.2. The molecule has 0 bridgehead atoms. The number of hydrogen-bond acceptors (Lipinski definition) is 1.